The SMILES string of the molecule is O=C(OCc1ccc(OCC2CCCCCC2)cc1)c1ccc(COc2ccc(CNCCc3ccccn3)cc2Cl)cc1. The maximum absolute atomic E-state index is 12.6. The van der Waals surface area contributed by atoms with E-state index in [0.717, 1.165) is 47.7 Å². The largest absolute Gasteiger partial charge is 0.493 e. The average Bonchev–Trinajstić information content (AvgIpc) is 3.34. The van der Waals surface area contributed by atoms with E-state index < -0.39 is 0 Å². The van der Waals surface area contributed by atoms with E-state index in [9.17, 15) is 4.79 Å². The van der Waals surface area contributed by atoms with Crippen molar-refractivity contribution >= 4 is 17.6 Å². The Morgan fingerprint density at radius 3 is 2.27 bits per heavy atom. The molecule has 0 radical (unpaired) electrons. The highest BCUT2D eigenvalue weighted by Gasteiger charge is 2.13. The molecule has 44 heavy (non-hydrogen) atoms. The van der Waals surface area contributed by atoms with Gasteiger partial charge in [-0.3, -0.25) is 4.98 Å². The lowest BCUT2D eigenvalue weighted by atomic mass is 10.0. The van der Waals surface area contributed by atoms with Gasteiger partial charge >= 0.3 is 5.97 Å². The van der Waals surface area contributed by atoms with Gasteiger partial charge in [0.1, 0.15) is 24.7 Å². The van der Waals surface area contributed by atoms with E-state index in [0.29, 0.717) is 35.4 Å². The predicted molar refractivity (Wildman–Crippen MR) is 174 cm³/mol. The van der Waals surface area contributed by atoms with Crippen LogP contribution < -0.4 is 14.8 Å². The fourth-order valence-corrected chi connectivity index (χ4v) is 5.58. The van der Waals surface area contributed by atoms with Crippen LogP contribution in [-0.4, -0.2) is 24.1 Å². The van der Waals surface area contributed by atoms with Gasteiger partial charge in [0.05, 0.1) is 17.2 Å². The summed E-state index contributed by atoms with van der Waals surface area (Å²) in [7, 11) is 0. The Kier molecular flexibility index (Phi) is 12.1. The number of halogens is 1. The van der Waals surface area contributed by atoms with Crippen LogP contribution in [0.15, 0.2) is 91.1 Å². The summed E-state index contributed by atoms with van der Waals surface area (Å²) in [5, 5.41) is 3.99. The number of nitrogens with zero attached hydrogens (tertiary/aromatic N) is 1. The van der Waals surface area contributed by atoms with E-state index >= 15 is 0 Å². The molecule has 1 heterocycles. The van der Waals surface area contributed by atoms with Gasteiger partial charge in [-0.1, -0.05) is 73.7 Å². The monoisotopic (exact) mass is 612 g/mol. The average molecular weight is 613 g/mol. The molecule has 0 spiro atoms. The van der Waals surface area contributed by atoms with E-state index in [1.165, 1.54) is 38.5 Å². The molecule has 0 bridgehead atoms. The first kappa shape index (κ1) is 31.6. The number of aromatic nitrogens is 1. The molecule has 0 saturated heterocycles. The minimum absolute atomic E-state index is 0.209. The molecule has 1 fully saturated rings. The Bertz CT molecular complexity index is 1440. The number of nitrogens with one attached hydrogen (secondary N) is 1. The first-order valence-electron chi connectivity index (χ1n) is 15.6. The molecule has 7 heteroatoms. The number of ether oxygens (including phenoxy) is 3. The lowest BCUT2D eigenvalue weighted by Gasteiger charge is -2.15. The van der Waals surface area contributed by atoms with E-state index in [1.807, 2.05) is 79.0 Å². The van der Waals surface area contributed by atoms with Crippen LogP contribution >= 0.6 is 11.6 Å². The molecule has 1 N–H and O–H groups in total. The van der Waals surface area contributed by atoms with Crippen molar-refractivity contribution in [2.24, 2.45) is 5.92 Å². The number of hydrogen-bond acceptors (Lipinski definition) is 6. The smallest absolute Gasteiger partial charge is 0.338 e. The van der Waals surface area contributed by atoms with Crippen LogP contribution in [-0.2, 0) is 30.9 Å². The molecule has 0 atom stereocenters. The summed E-state index contributed by atoms with van der Waals surface area (Å²) in [6.07, 6.45) is 10.5. The third-order valence-corrected chi connectivity index (χ3v) is 8.24. The zero-order valence-corrected chi connectivity index (χ0v) is 25.9. The minimum Gasteiger partial charge on any atom is -0.493 e. The molecule has 1 aliphatic carbocycles. The van der Waals surface area contributed by atoms with Gasteiger partial charge in [0.2, 0.25) is 0 Å². The molecule has 1 saturated carbocycles. The Hall–Kier alpha value is -3.87. The Morgan fingerprint density at radius 2 is 1.55 bits per heavy atom. The number of hydrogen-bond donors (Lipinski definition) is 1. The van der Waals surface area contributed by atoms with E-state index in [-0.39, 0.29) is 12.6 Å². The Labute approximate surface area is 265 Å². The van der Waals surface area contributed by atoms with Crippen molar-refractivity contribution in [3.63, 3.8) is 0 Å². The highest BCUT2D eigenvalue weighted by Crippen LogP contribution is 2.27. The van der Waals surface area contributed by atoms with Crippen LogP contribution in [0.25, 0.3) is 0 Å². The molecule has 0 aliphatic heterocycles. The van der Waals surface area contributed by atoms with E-state index in [1.54, 1.807) is 12.1 Å². The number of pyridine rings is 1. The quantitative estimate of drug-likeness (QED) is 0.0876. The van der Waals surface area contributed by atoms with Crippen molar-refractivity contribution in [2.45, 2.75) is 64.7 Å². The Morgan fingerprint density at radius 1 is 0.818 bits per heavy atom. The maximum Gasteiger partial charge on any atom is 0.338 e. The van der Waals surface area contributed by atoms with Gasteiger partial charge in [-0.25, -0.2) is 4.79 Å². The van der Waals surface area contributed by atoms with Crippen molar-refractivity contribution in [2.75, 3.05) is 13.2 Å². The lowest BCUT2D eigenvalue weighted by Crippen LogP contribution is -2.17. The van der Waals surface area contributed by atoms with Crippen molar-refractivity contribution < 1.29 is 19.0 Å². The zero-order valence-electron chi connectivity index (χ0n) is 25.2. The normalized spacial score (nSPS) is 13.7. The minimum atomic E-state index is -0.363. The second-order valence-electron chi connectivity index (χ2n) is 11.4. The summed E-state index contributed by atoms with van der Waals surface area (Å²) in [5.41, 5.74) is 4.50. The summed E-state index contributed by atoms with van der Waals surface area (Å²) < 4.78 is 17.5. The van der Waals surface area contributed by atoms with Crippen LogP contribution in [0.2, 0.25) is 5.02 Å². The molecule has 5 rings (SSSR count). The highest BCUT2D eigenvalue weighted by atomic mass is 35.5. The molecule has 4 aromatic rings. The molecule has 230 valence electrons. The van der Waals surface area contributed by atoms with Gasteiger partial charge in [0.25, 0.3) is 0 Å². The summed E-state index contributed by atoms with van der Waals surface area (Å²) in [6, 6.07) is 26.8. The number of esters is 1. The summed E-state index contributed by atoms with van der Waals surface area (Å²) in [6.45, 7) is 2.87. The van der Waals surface area contributed by atoms with Crippen LogP contribution in [0.3, 0.4) is 0 Å². The summed E-state index contributed by atoms with van der Waals surface area (Å²) in [4.78, 5) is 17.0. The molecule has 1 aromatic heterocycles. The maximum atomic E-state index is 12.6. The molecule has 6 nitrogen and oxygen atoms in total. The summed E-state index contributed by atoms with van der Waals surface area (Å²) in [5.74, 6) is 1.78. The fourth-order valence-electron chi connectivity index (χ4n) is 5.32. The zero-order chi connectivity index (χ0) is 30.4. The number of carbonyl (C=O) groups is 1. The van der Waals surface area contributed by atoms with Crippen molar-refractivity contribution in [3.05, 3.63) is 124 Å². The Balaban J connectivity index is 1.01. The van der Waals surface area contributed by atoms with Crippen LogP contribution in [0.5, 0.6) is 11.5 Å². The molecule has 3 aromatic carbocycles. The topological polar surface area (TPSA) is 69.7 Å². The standard InChI is InChI=1S/C37H41ClN2O4/c38-35-23-31(24-39-22-20-33-9-5-6-21-40-33)14-19-36(35)43-26-29-10-15-32(16-11-29)37(41)44-27-30-12-17-34(18-13-30)42-25-28-7-3-1-2-4-8-28/h5-6,9-19,21,23,28,39H,1-4,7-8,20,22,24-27H2. The lowest BCUT2D eigenvalue weighted by molar-refractivity contribution is 0.0472. The van der Waals surface area contributed by atoms with Gasteiger partial charge in [-0.15, -0.1) is 0 Å². The van der Waals surface area contributed by atoms with Crippen molar-refractivity contribution in [1.82, 2.24) is 10.3 Å². The number of rotatable bonds is 14. The van der Waals surface area contributed by atoms with Gasteiger partial charge in [0, 0.05) is 31.4 Å². The third kappa shape index (κ3) is 10.1. The summed E-state index contributed by atoms with van der Waals surface area (Å²) >= 11 is 6.49. The fraction of sp³-hybridized carbons (Fsp3) is 0.351. The van der Waals surface area contributed by atoms with Gasteiger partial charge < -0.3 is 19.5 Å². The van der Waals surface area contributed by atoms with Crippen molar-refractivity contribution in [1.29, 1.82) is 0 Å². The van der Waals surface area contributed by atoms with E-state index in [2.05, 4.69) is 10.3 Å². The first-order chi connectivity index (χ1) is 21.6. The molecule has 0 unspecified atom stereocenters. The van der Waals surface area contributed by atoms with E-state index in [4.69, 9.17) is 25.8 Å². The molecular weight excluding hydrogens is 572 g/mol. The molecule has 1 aliphatic rings. The predicted octanol–water partition coefficient (Wildman–Crippen LogP) is 8.35. The first-order valence-corrected chi connectivity index (χ1v) is 16.0. The number of benzene rings is 3. The molecular formula is C37H41ClN2O4. The van der Waals surface area contributed by atoms with Gasteiger partial charge in [-0.2, -0.15) is 0 Å². The molecule has 0 amide bonds. The van der Waals surface area contributed by atoms with Gasteiger partial charge in [0.15, 0.2) is 0 Å². The highest BCUT2D eigenvalue weighted by molar-refractivity contribution is 6.32. The third-order valence-electron chi connectivity index (χ3n) is 7.95. The second kappa shape index (κ2) is 16.8. The van der Waals surface area contributed by atoms with Crippen LogP contribution in [0.4, 0.5) is 0 Å². The second-order valence-corrected chi connectivity index (χ2v) is 11.8. The van der Waals surface area contributed by atoms with Gasteiger partial charge in [-0.05, 0) is 84.0 Å². The van der Waals surface area contributed by atoms with Crippen LogP contribution in [0, 0.1) is 5.92 Å². The number of carbonyl (C=O) groups excluding carboxylic acids is 1. The van der Waals surface area contributed by atoms with Crippen LogP contribution in [0.1, 0.15) is 71.3 Å². The van der Waals surface area contributed by atoms with Crippen molar-refractivity contribution in [3.8, 4) is 11.5 Å².